The monoisotopic (exact) mass is 773 g/mol. The van der Waals surface area contributed by atoms with E-state index in [1.165, 1.54) is 31.6 Å². The lowest BCUT2D eigenvalue weighted by atomic mass is 9.85. The van der Waals surface area contributed by atoms with Gasteiger partial charge in [0.05, 0.1) is 48.8 Å². The molecule has 0 unspecified atom stereocenters. The first-order valence-electron chi connectivity index (χ1n) is 16.7. The van der Waals surface area contributed by atoms with Gasteiger partial charge >= 0.3 is 0 Å². The van der Waals surface area contributed by atoms with Crippen LogP contribution in [0.5, 0.6) is 5.75 Å². The van der Waals surface area contributed by atoms with Gasteiger partial charge in [-0.2, -0.15) is 0 Å². The standard InChI is InChI=1S/C37H42ClF2N7O5.ClH/c1-20(41-5)34(48)46-32(37(2,3)4)36(50)47(35(49)27-14-22(17-42-27)52-18-21-10-8-7-9-11-21)28-15-23-26(16-29(28)51-6)43-19-44-33(23)45-25-13-12-24(39)30(38)31(25)40;/h7-13,15-16,19-20,22,27,32,41-42H,14,17-18H2,1-6H3,(H,46,48)(H,43,44,45);1H/t20-,22+,27-,32+;/m0./s1. The van der Waals surface area contributed by atoms with E-state index in [2.05, 4.69) is 31.2 Å². The third kappa shape index (κ3) is 9.37. The Morgan fingerprint density at radius 1 is 1.09 bits per heavy atom. The molecule has 0 aliphatic carbocycles. The summed E-state index contributed by atoms with van der Waals surface area (Å²) in [4.78, 5) is 52.3. The molecule has 16 heteroatoms. The topological polar surface area (TPSA) is 147 Å². The molecule has 0 spiro atoms. The van der Waals surface area contributed by atoms with Crippen molar-refractivity contribution in [1.29, 1.82) is 0 Å². The summed E-state index contributed by atoms with van der Waals surface area (Å²) in [5.74, 6) is -3.55. The van der Waals surface area contributed by atoms with Gasteiger partial charge in [0.1, 0.15) is 34.8 Å². The summed E-state index contributed by atoms with van der Waals surface area (Å²) in [7, 11) is 3.00. The molecule has 1 aromatic heterocycles. The van der Waals surface area contributed by atoms with Crippen LogP contribution in [0.4, 0.5) is 26.0 Å². The van der Waals surface area contributed by atoms with Crippen LogP contribution in [0.2, 0.25) is 5.02 Å². The van der Waals surface area contributed by atoms with E-state index in [0.717, 1.165) is 16.5 Å². The van der Waals surface area contributed by atoms with Crippen molar-refractivity contribution in [3.8, 4) is 5.75 Å². The number of ether oxygens (including phenoxy) is 2. The van der Waals surface area contributed by atoms with Crippen LogP contribution in [0, 0.1) is 17.0 Å². The number of imide groups is 1. The van der Waals surface area contributed by atoms with E-state index in [4.69, 9.17) is 21.1 Å². The summed E-state index contributed by atoms with van der Waals surface area (Å²) in [6.45, 7) is 7.68. The zero-order chi connectivity index (χ0) is 37.7. The maximum atomic E-state index is 15.0. The van der Waals surface area contributed by atoms with Gasteiger partial charge in [-0.25, -0.2) is 23.6 Å². The lowest BCUT2D eigenvalue weighted by Crippen LogP contribution is -2.60. The molecule has 12 nitrogen and oxygen atoms in total. The van der Waals surface area contributed by atoms with Gasteiger partial charge in [0.25, 0.3) is 11.8 Å². The second kappa shape index (κ2) is 17.6. The number of anilines is 3. The van der Waals surface area contributed by atoms with Crippen LogP contribution in [-0.2, 0) is 25.7 Å². The van der Waals surface area contributed by atoms with Crippen molar-refractivity contribution < 1.29 is 32.6 Å². The Kier molecular flexibility index (Phi) is 13.7. The molecule has 0 radical (unpaired) electrons. The van der Waals surface area contributed by atoms with E-state index in [-0.39, 0.29) is 53.3 Å². The molecule has 4 aromatic rings. The number of carbonyl (C=O) groups excluding carboxylic acids is 3. The number of amides is 3. The van der Waals surface area contributed by atoms with Crippen LogP contribution in [-0.4, -0.2) is 72.6 Å². The van der Waals surface area contributed by atoms with Gasteiger partial charge in [-0.05, 0) is 49.6 Å². The van der Waals surface area contributed by atoms with Crippen LogP contribution in [0.25, 0.3) is 10.9 Å². The molecule has 5 rings (SSSR count). The summed E-state index contributed by atoms with van der Waals surface area (Å²) in [5.41, 5.74) is 0.301. The number of benzene rings is 3. The first kappa shape index (κ1) is 41.3. The molecule has 284 valence electrons. The van der Waals surface area contributed by atoms with Crippen molar-refractivity contribution in [2.45, 2.75) is 65.0 Å². The molecule has 3 aromatic carbocycles. The third-order valence-corrected chi connectivity index (χ3v) is 9.20. The highest BCUT2D eigenvalue weighted by molar-refractivity contribution is 6.31. The van der Waals surface area contributed by atoms with E-state index in [9.17, 15) is 23.2 Å². The number of rotatable bonds is 12. The Labute approximate surface area is 317 Å². The maximum absolute atomic E-state index is 15.0. The fourth-order valence-corrected chi connectivity index (χ4v) is 5.91. The second-order valence-electron chi connectivity index (χ2n) is 13.6. The highest BCUT2D eigenvalue weighted by Gasteiger charge is 2.43. The zero-order valence-corrected chi connectivity index (χ0v) is 31.7. The second-order valence-corrected chi connectivity index (χ2v) is 13.9. The van der Waals surface area contributed by atoms with E-state index in [0.29, 0.717) is 18.7 Å². The summed E-state index contributed by atoms with van der Waals surface area (Å²) >= 11 is 5.83. The average Bonchev–Trinajstić information content (AvgIpc) is 3.61. The van der Waals surface area contributed by atoms with Gasteiger partial charge in [-0.1, -0.05) is 62.7 Å². The molecule has 4 N–H and O–H groups in total. The van der Waals surface area contributed by atoms with Crippen molar-refractivity contribution in [1.82, 2.24) is 25.9 Å². The van der Waals surface area contributed by atoms with Crippen molar-refractivity contribution in [3.05, 3.63) is 83.1 Å². The average molecular weight is 775 g/mol. The molecule has 1 saturated heterocycles. The summed E-state index contributed by atoms with van der Waals surface area (Å²) in [6.07, 6.45) is 1.16. The molecule has 53 heavy (non-hydrogen) atoms. The zero-order valence-electron chi connectivity index (χ0n) is 30.1. The molecule has 1 fully saturated rings. The Hall–Kier alpha value is -4.47. The predicted molar refractivity (Wildman–Crippen MR) is 202 cm³/mol. The smallest absolute Gasteiger partial charge is 0.257 e. The van der Waals surface area contributed by atoms with Gasteiger partial charge in [-0.15, -0.1) is 12.4 Å². The van der Waals surface area contributed by atoms with Gasteiger partial charge in [0, 0.05) is 18.0 Å². The number of hydrogen-bond donors (Lipinski definition) is 4. The minimum Gasteiger partial charge on any atom is -0.494 e. The lowest BCUT2D eigenvalue weighted by molar-refractivity contribution is -0.134. The molecular weight excluding hydrogens is 731 g/mol. The maximum Gasteiger partial charge on any atom is 0.257 e. The number of halogens is 4. The fourth-order valence-electron chi connectivity index (χ4n) is 5.74. The number of hydrogen-bond acceptors (Lipinski definition) is 10. The van der Waals surface area contributed by atoms with Crippen LogP contribution in [0.15, 0.2) is 60.9 Å². The summed E-state index contributed by atoms with van der Waals surface area (Å²) in [6, 6.07) is 12.1. The number of nitrogens with zero attached hydrogens (tertiary/aromatic N) is 3. The van der Waals surface area contributed by atoms with Gasteiger partial charge in [0.15, 0.2) is 5.82 Å². The minimum atomic E-state index is -1.17. The lowest BCUT2D eigenvalue weighted by Gasteiger charge is -2.36. The normalized spacial score (nSPS) is 16.7. The van der Waals surface area contributed by atoms with Gasteiger partial charge in [-0.3, -0.25) is 14.4 Å². The Bertz CT molecular complexity index is 1950. The van der Waals surface area contributed by atoms with Crippen LogP contribution in [0.3, 0.4) is 0 Å². The molecule has 2 heterocycles. The molecule has 0 saturated carbocycles. The van der Waals surface area contributed by atoms with Crippen molar-refractivity contribution in [3.63, 3.8) is 0 Å². The number of methoxy groups -OCH3 is 1. The van der Waals surface area contributed by atoms with E-state index in [1.54, 1.807) is 34.7 Å². The van der Waals surface area contributed by atoms with Gasteiger partial charge < -0.3 is 30.7 Å². The van der Waals surface area contributed by atoms with E-state index < -0.39 is 57.9 Å². The minimum absolute atomic E-state index is 0. The molecule has 1 aliphatic rings. The third-order valence-electron chi connectivity index (χ3n) is 8.85. The fraction of sp³-hybridized carbons (Fsp3) is 0.378. The first-order chi connectivity index (χ1) is 24.7. The first-order valence-corrected chi connectivity index (χ1v) is 17.1. The quantitative estimate of drug-likeness (QED) is 0.133. The largest absolute Gasteiger partial charge is 0.494 e. The van der Waals surface area contributed by atoms with Gasteiger partial charge in [0.2, 0.25) is 5.91 Å². The SMILES string of the molecule is CN[C@@H](C)C(=O)N[C@H](C(=O)N(C(=O)[C@@H]1C[C@@H](OCc2ccccc2)CN1)c1cc2c(Nc3ccc(F)c(Cl)c3F)ncnc2cc1OC)C(C)(C)C.Cl. The molecule has 3 amide bonds. The number of carbonyl (C=O) groups is 3. The molecule has 4 atom stereocenters. The van der Waals surface area contributed by atoms with Crippen LogP contribution < -0.4 is 30.9 Å². The van der Waals surface area contributed by atoms with Crippen molar-refractivity contribution in [2.75, 3.05) is 30.9 Å². The Morgan fingerprint density at radius 2 is 1.81 bits per heavy atom. The summed E-state index contributed by atoms with van der Waals surface area (Å²) in [5, 5.41) is 11.3. The van der Waals surface area contributed by atoms with E-state index >= 15 is 0 Å². The van der Waals surface area contributed by atoms with Crippen molar-refractivity contribution in [2.24, 2.45) is 5.41 Å². The predicted octanol–water partition coefficient (Wildman–Crippen LogP) is 5.68. The molecule has 0 bridgehead atoms. The van der Waals surface area contributed by atoms with Crippen molar-refractivity contribution >= 4 is 69.8 Å². The van der Waals surface area contributed by atoms with E-state index in [1.807, 2.05) is 30.3 Å². The highest BCUT2D eigenvalue weighted by atomic mass is 35.5. The number of fused-ring (bicyclic) bond motifs is 1. The van der Waals surface area contributed by atoms with Crippen LogP contribution >= 0.6 is 24.0 Å². The number of nitrogens with one attached hydrogen (secondary N) is 4. The van der Waals surface area contributed by atoms with Crippen LogP contribution in [0.1, 0.15) is 39.7 Å². The molecule has 1 aliphatic heterocycles. The Balaban J connectivity index is 0.00000627. The highest BCUT2D eigenvalue weighted by Crippen LogP contribution is 2.38. The number of likely N-dealkylation sites (N-methyl/N-ethyl adjacent to an activating group) is 1. The summed E-state index contributed by atoms with van der Waals surface area (Å²) < 4.78 is 40.8. The number of aromatic nitrogens is 2. The molecular formula is C37H43Cl2F2N7O5. The Morgan fingerprint density at radius 3 is 2.47 bits per heavy atom.